The Labute approximate surface area is 162 Å². The van der Waals surface area contributed by atoms with Gasteiger partial charge in [-0.05, 0) is 57.1 Å². The Morgan fingerprint density at radius 2 is 1.48 bits per heavy atom. The Morgan fingerprint density at radius 1 is 0.852 bits per heavy atom. The number of likely N-dealkylation sites (tertiary alicyclic amines) is 1. The Balaban J connectivity index is 1.97. The van der Waals surface area contributed by atoms with Gasteiger partial charge in [0.1, 0.15) is 0 Å². The van der Waals surface area contributed by atoms with Crippen LogP contribution in [0.1, 0.15) is 24.8 Å². The van der Waals surface area contributed by atoms with Crippen LogP contribution >= 0.6 is 0 Å². The molecular formula is C20H26N2O3S2. The molecule has 1 unspecified atom stereocenters. The van der Waals surface area contributed by atoms with Crippen LogP contribution in [0.4, 0.5) is 0 Å². The van der Waals surface area contributed by atoms with Gasteiger partial charge >= 0.3 is 0 Å². The minimum atomic E-state index is -4.00. The van der Waals surface area contributed by atoms with Crippen LogP contribution in [0.15, 0.2) is 68.2 Å². The Morgan fingerprint density at radius 3 is 2.11 bits per heavy atom. The molecule has 0 amide bonds. The predicted octanol–water partition coefficient (Wildman–Crippen LogP) is 3.70. The van der Waals surface area contributed by atoms with Gasteiger partial charge in [-0.15, -0.1) is 3.77 Å². The second-order valence-electron chi connectivity index (χ2n) is 6.92. The minimum Gasteiger partial charge on any atom is -0.302 e. The highest BCUT2D eigenvalue weighted by Gasteiger charge is 2.22. The summed E-state index contributed by atoms with van der Waals surface area (Å²) in [4.78, 5) is 2.80. The number of benzene rings is 2. The first-order valence-electron chi connectivity index (χ1n) is 9.24. The van der Waals surface area contributed by atoms with Gasteiger partial charge in [0.05, 0.1) is 20.4 Å². The molecule has 0 aromatic heterocycles. The lowest BCUT2D eigenvalue weighted by Gasteiger charge is -2.26. The van der Waals surface area contributed by atoms with E-state index in [1.807, 2.05) is 13.0 Å². The van der Waals surface area contributed by atoms with E-state index in [4.69, 9.17) is 0 Å². The lowest BCUT2D eigenvalue weighted by atomic mass is 10.1. The molecule has 0 spiro atoms. The van der Waals surface area contributed by atoms with Crippen molar-refractivity contribution in [1.82, 2.24) is 4.90 Å². The molecular weight excluding hydrogens is 380 g/mol. The van der Waals surface area contributed by atoms with E-state index in [1.54, 1.807) is 36.4 Å². The van der Waals surface area contributed by atoms with E-state index in [-0.39, 0.29) is 10.6 Å². The van der Waals surface area contributed by atoms with Gasteiger partial charge in [0, 0.05) is 11.4 Å². The maximum atomic E-state index is 13.7. The number of rotatable bonds is 6. The molecule has 27 heavy (non-hydrogen) atoms. The average molecular weight is 407 g/mol. The van der Waals surface area contributed by atoms with E-state index < -0.39 is 19.8 Å². The molecule has 0 aliphatic carbocycles. The third kappa shape index (κ3) is 5.18. The number of sulfonamides is 1. The molecule has 1 heterocycles. The maximum absolute atomic E-state index is 13.7. The van der Waals surface area contributed by atoms with Crippen LogP contribution in [0.5, 0.6) is 0 Å². The Bertz CT molecular complexity index is 972. The summed E-state index contributed by atoms with van der Waals surface area (Å²) in [6, 6.07) is 15.2. The molecule has 3 rings (SSSR count). The minimum absolute atomic E-state index is 0.0785. The second kappa shape index (κ2) is 8.54. The summed E-state index contributed by atoms with van der Waals surface area (Å²) in [7, 11) is -7.09. The first kappa shape index (κ1) is 20.0. The molecule has 1 saturated heterocycles. The molecule has 7 heteroatoms. The van der Waals surface area contributed by atoms with Gasteiger partial charge in [0.25, 0.3) is 10.0 Å². The first-order chi connectivity index (χ1) is 12.9. The van der Waals surface area contributed by atoms with E-state index in [2.05, 4.69) is 8.67 Å². The van der Waals surface area contributed by atoms with Crippen molar-refractivity contribution < 1.29 is 12.6 Å². The van der Waals surface area contributed by atoms with E-state index in [9.17, 15) is 12.6 Å². The maximum Gasteiger partial charge on any atom is 0.290 e. The molecule has 5 nitrogen and oxygen atoms in total. The molecule has 146 valence electrons. The van der Waals surface area contributed by atoms with Crippen molar-refractivity contribution in [2.45, 2.75) is 36.0 Å². The van der Waals surface area contributed by atoms with E-state index >= 15 is 0 Å². The summed E-state index contributed by atoms with van der Waals surface area (Å²) >= 11 is 0. The molecule has 1 atom stereocenters. The highest BCUT2D eigenvalue weighted by molar-refractivity contribution is 8.03. The molecule has 2 aromatic rings. The van der Waals surface area contributed by atoms with Crippen molar-refractivity contribution in [2.75, 3.05) is 25.4 Å². The highest BCUT2D eigenvalue weighted by Crippen LogP contribution is 2.21. The van der Waals surface area contributed by atoms with Crippen LogP contribution in [0.2, 0.25) is 0 Å². The van der Waals surface area contributed by atoms with Gasteiger partial charge in [-0.25, -0.2) is 4.21 Å². The summed E-state index contributed by atoms with van der Waals surface area (Å²) < 4.78 is 43.3. The fraction of sp³-hybridized carbons (Fsp3) is 0.400. The largest absolute Gasteiger partial charge is 0.302 e. The third-order valence-corrected chi connectivity index (χ3v) is 9.14. The number of hydrogen-bond donors (Lipinski definition) is 0. The smallest absolute Gasteiger partial charge is 0.290 e. The number of piperidine rings is 1. The van der Waals surface area contributed by atoms with Gasteiger partial charge in [-0.1, -0.05) is 42.3 Å². The topological polar surface area (TPSA) is 66.8 Å². The molecule has 0 N–H and O–H groups in total. The van der Waals surface area contributed by atoms with Gasteiger partial charge < -0.3 is 4.90 Å². The average Bonchev–Trinajstić information content (AvgIpc) is 2.68. The molecule has 1 aliphatic heterocycles. The van der Waals surface area contributed by atoms with Crippen molar-refractivity contribution in [3.63, 3.8) is 0 Å². The fourth-order valence-electron chi connectivity index (χ4n) is 3.18. The highest BCUT2D eigenvalue weighted by atomic mass is 32.3. The van der Waals surface area contributed by atoms with Gasteiger partial charge in [-0.3, -0.25) is 0 Å². The number of nitrogens with zero attached hydrogens (tertiary/aromatic N) is 2. The van der Waals surface area contributed by atoms with Crippen LogP contribution in [-0.2, 0) is 19.8 Å². The Hall–Kier alpha value is -1.70. The first-order valence-corrected chi connectivity index (χ1v) is 12.4. The lowest BCUT2D eigenvalue weighted by molar-refractivity contribution is 0.241. The molecule has 0 radical (unpaired) electrons. The zero-order valence-electron chi connectivity index (χ0n) is 15.6. The van der Waals surface area contributed by atoms with E-state index in [1.165, 1.54) is 18.6 Å². The van der Waals surface area contributed by atoms with Gasteiger partial charge in [-0.2, -0.15) is 8.42 Å². The quantitative estimate of drug-likeness (QED) is 0.734. The number of aryl methyl sites for hydroxylation is 1. The Kier molecular flexibility index (Phi) is 6.34. The third-order valence-electron chi connectivity index (χ3n) is 4.78. The summed E-state index contributed by atoms with van der Waals surface area (Å²) in [5, 5.41) is 0. The molecule has 1 aliphatic rings. The molecule has 2 aromatic carbocycles. The van der Waals surface area contributed by atoms with Gasteiger partial charge in [0.15, 0.2) is 0 Å². The SMILES string of the molecule is Cc1ccc(S(=O)(=O)N=S(=O)(CCN2CCCCC2)c2ccccc2)cc1. The predicted molar refractivity (Wildman–Crippen MR) is 109 cm³/mol. The van der Waals surface area contributed by atoms with Crippen LogP contribution < -0.4 is 0 Å². The summed E-state index contributed by atoms with van der Waals surface area (Å²) in [6.07, 6.45) is 3.48. The normalized spacial score (nSPS) is 18.0. The van der Waals surface area contributed by atoms with Crippen LogP contribution in [0.25, 0.3) is 0 Å². The van der Waals surface area contributed by atoms with Crippen molar-refractivity contribution in [2.24, 2.45) is 3.77 Å². The molecule has 0 saturated carbocycles. The standard InChI is InChI=1S/C20H26N2O3S2/c1-18-10-12-20(13-11-18)27(24,25)21-26(23,19-8-4-2-5-9-19)17-16-22-14-6-3-7-15-22/h2,4-5,8-13H,3,6-7,14-17H2,1H3. The van der Waals surface area contributed by atoms with Crippen LogP contribution in [0.3, 0.4) is 0 Å². The number of hydrogen-bond acceptors (Lipinski definition) is 4. The zero-order valence-corrected chi connectivity index (χ0v) is 17.2. The van der Waals surface area contributed by atoms with Crippen LogP contribution in [0, 0.1) is 6.92 Å². The second-order valence-corrected chi connectivity index (χ2v) is 11.1. The van der Waals surface area contributed by atoms with Crippen molar-refractivity contribution >= 4 is 19.8 Å². The summed E-state index contributed by atoms with van der Waals surface area (Å²) in [5.74, 6) is 0.210. The summed E-state index contributed by atoms with van der Waals surface area (Å²) in [5.41, 5.74) is 0.961. The van der Waals surface area contributed by atoms with Crippen molar-refractivity contribution in [3.05, 3.63) is 60.2 Å². The van der Waals surface area contributed by atoms with Crippen LogP contribution in [-0.4, -0.2) is 42.9 Å². The molecule has 1 fully saturated rings. The molecule has 0 bridgehead atoms. The van der Waals surface area contributed by atoms with E-state index in [0.717, 1.165) is 31.5 Å². The lowest BCUT2D eigenvalue weighted by Crippen LogP contribution is -2.34. The van der Waals surface area contributed by atoms with E-state index in [0.29, 0.717) is 11.4 Å². The van der Waals surface area contributed by atoms with Crippen molar-refractivity contribution in [1.29, 1.82) is 0 Å². The summed E-state index contributed by atoms with van der Waals surface area (Å²) in [6.45, 7) is 4.41. The van der Waals surface area contributed by atoms with Gasteiger partial charge in [0.2, 0.25) is 0 Å². The monoisotopic (exact) mass is 406 g/mol. The zero-order chi connectivity index (χ0) is 19.3. The van der Waals surface area contributed by atoms with Crippen molar-refractivity contribution in [3.8, 4) is 0 Å². The fourth-order valence-corrected chi connectivity index (χ4v) is 7.24.